The van der Waals surface area contributed by atoms with Gasteiger partial charge in [0.2, 0.25) is 17.0 Å². The molecule has 1 saturated heterocycles. The van der Waals surface area contributed by atoms with E-state index in [1.807, 2.05) is 24.3 Å². The lowest BCUT2D eigenvalue weighted by Crippen LogP contribution is -2.50. The molecule has 0 saturated carbocycles. The van der Waals surface area contributed by atoms with Crippen LogP contribution in [0.5, 0.6) is 5.75 Å². The van der Waals surface area contributed by atoms with Crippen molar-refractivity contribution in [2.24, 2.45) is 0 Å². The lowest BCUT2D eigenvalue weighted by atomic mass is 10.2. The van der Waals surface area contributed by atoms with Gasteiger partial charge in [-0.3, -0.25) is 14.7 Å². The third-order valence-electron chi connectivity index (χ3n) is 4.23. The number of nitrogens with one attached hydrogen (secondary N) is 1. The average molecular weight is 375 g/mol. The summed E-state index contributed by atoms with van der Waals surface area (Å²) in [7, 11) is 1.62. The number of hydrogen-bond donors (Lipinski definition) is 1. The van der Waals surface area contributed by atoms with Crippen molar-refractivity contribution in [3.05, 3.63) is 24.3 Å². The van der Waals surface area contributed by atoms with Crippen LogP contribution in [0.3, 0.4) is 0 Å². The minimum atomic E-state index is 0.0361. The second-order valence-electron chi connectivity index (χ2n) is 5.87. The number of rotatable bonds is 5. The van der Waals surface area contributed by atoms with Crippen LogP contribution < -0.4 is 4.74 Å². The van der Waals surface area contributed by atoms with E-state index >= 15 is 0 Å². The number of nitrogens with zero attached hydrogens (tertiary/aromatic N) is 4. The van der Waals surface area contributed by atoms with E-state index < -0.39 is 0 Å². The summed E-state index contributed by atoms with van der Waals surface area (Å²) in [5.41, 5.74) is 0.900. The van der Waals surface area contributed by atoms with Gasteiger partial charge in [0.25, 0.3) is 0 Å². The van der Waals surface area contributed by atoms with E-state index in [4.69, 9.17) is 4.74 Å². The Hall–Kier alpha value is -2.55. The van der Waals surface area contributed by atoms with E-state index in [-0.39, 0.29) is 17.6 Å². The molecule has 138 valence electrons. The molecule has 1 N–H and O–H groups in total. The van der Waals surface area contributed by atoms with Gasteiger partial charge in [-0.2, -0.15) is 0 Å². The Morgan fingerprint density at radius 3 is 2.42 bits per heavy atom. The highest BCUT2D eigenvalue weighted by molar-refractivity contribution is 7.99. The van der Waals surface area contributed by atoms with Crippen LogP contribution in [0.4, 0.5) is 0 Å². The van der Waals surface area contributed by atoms with Crippen molar-refractivity contribution in [1.82, 2.24) is 25.0 Å². The summed E-state index contributed by atoms with van der Waals surface area (Å²) in [6.07, 6.45) is 0. The fraction of sp³-hybridized carbons (Fsp3) is 0.412. The number of carbonyl (C=O) groups excluding carboxylic acids is 2. The maximum atomic E-state index is 12.3. The van der Waals surface area contributed by atoms with Gasteiger partial charge in [-0.1, -0.05) is 11.8 Å². The molecule has 0 unspecified atom stereocenters. The van der Waals surface area contributed by atoms with Crippen LogP contribution in [0.1, 0.15) is 6.92 Å². The SMILES string of the molecule is COc1ccc(-c2nc(SCC(=O)N3CCN(C(C)=O)CC3)n[nH]2)cc1. The van der Waals surface area contributed by atoms with Gasteiger partial charge in [-0.05, 0) is 24.3 Å². The molecule has 1 aliphatic rings. The maximum absolute atomic E-state index is 12.3. The molecule has 2 amide bonds. The predicted octanol–water partition coefficient (Wildman–Crippen LogP) is 1.26. The van der Waals surface area contributed by atoms with E-state index in [1.54, 1.807) is 23.8 Å². The molecule has 1 fully saturated rings. The number of amides is 2. The molecule has 0 bridgehead atoms. The van der Waals surface area contributed by atoms with Crippen LogP contribution in [0.25, 0.3) is 11.4 Å². The molecule has 0 radical (unpaired) electrons. The molecule has 0 aliphatic carbocycles. The monoisotopic (exact) mass is 375 g/mol. The first-order chi connectivity index (χ1) is 12.6. The molecule has 9 heteroatoms. The number of H-pyrrole nitrogens is 1. The molecular weight excluding hydrogens is 354 g/mol. The molecule has 1 aromatic carbocycles. The Kier molecular flexibility index (Phi) is 5.77. The van der Waals surface area contributed by atoms with Crippen LogP contribution in [0, 0.1) is 0 Å². The van der Waals surface area contributed by atoms with Gasteiger partial charge in [0, 0.05) is 38.7 Å². The first-order valence-corrected chi connectivity index (χ1v) is 9.28. The Labute approximate surface area is 155 Å². The van der Waals surface area contributed by atoms with E-state index in [1.165, 1.54) is 11.8 Å². The van der Waals surface area contributed by atoms with Gasteiger partial charge in [-0.15, -0.1) is 5.10 Å². The van der Waals surface area contributed by atoms with Gasteiger partial charge >= 0.3 is 0 Å². The number of carbonyl (C=O) groups is 2. The highest BCUT2D eigenvalue weighted by atomic mass is 32.2. The molecule has 0 atom stereocenters. The molecular formula is C17H21N5O3S. The van der Waals surface area contributed by atoms with Crippen LogP contribution in [0.2, 0.25) is 0 Å². The highest BCUT2D eigenvalue weighted by Crippen LogP contribution is 2.22. The number of aromatic amines is 1. The molecule has 0 spiro atoms. The van der Waals surface area contributed by atoms with Crippen molar-refractivity contribution in [3.8, 4) is 17.1 Å². The normalized spacial score (nSPS) is 14.4. The molecule has 2 heterocycles. The molecule has 1 aliphatic heterocycles. The lowest BCUT2D eigenvalue weighted by Gasteiger charge is -2.34. The minimum absolute atomic E-state index is 0.0361. The van der Waals surface area contributed by atoms with Gasteiger partial charge in [0.15, 0.2) is 5.82 Å². The first kappa shape index (κ1) is 18.2. The standard InChI is InChI=1S/C17H21N5O3S/c1-12(23)21-7-9-22(10-8-21)15(24)11-26-17-18-16(19-20-17)13-3-5-14(25-2)6-4-13/h3-6H,7-11H2,1-2H3,(H,18,19,20). The Balaban J connectivity index is 1.51. The summed E-state index contributed by atoms with van der Waals surface area (Å²) >= 11 is 1.30. The van der Waals surface area contributed by atoms with Gasteiger partial charge in [-0.25, -0.2) is 4.98 Å². The summed E-state index contributed by atoms with van der Waals surface area (Å²) < 4.78 is 5.14. The van der Waals surface area contributed by atoms with Crippen LogP contribution in [-0.4, -0.2) is 75.8 Å². The number of methoxy groups -OCH3 is 1. The number of ether oxygens (including phenoxy) is 1. The van der Waals surface area contributed by atoms with Crippen molar-refractivity contribution in [1.29, 1.82) is 0 Å². The third-order valence-corrected chi connectivity index (χ3v) is 5.06. The maximum Gasteiger partial charge on any atom is 0.233 e. The minimum Gasteiger partial charge on any atom is -0.497 e. The fourth-order valence-electron chi connectivity index (χ4n) is 2.68. The molecule has 1 aromatic heterocycles. The van der Waals surface area contributed by atoms with Crippen molar-refractivity contribution < 1.29 is 14.3 Å². The fourth-order valence-corrected chi connectivity index (χ4v) is 3.38. The largest absolute Gasteiger partial charge is 0.497 e. The smallest absolute Gasteiger partial charge is 0.233 e. The predicted molar refractivity (Wildman–Crippen MR) is 97.9 cm³/mol. The van der Waals surface area contributed by atoms with E-state index in [0.29, 0.717) is 37.2 Å². The van der Waals surface area contributed by atoms with Crippen LogP contribution in [0.15, 0.2) is 29.4 Å². The van der Waals surface area contributed by atoms with E-state index in [2.05, 4.69) is 15.2 Å². The summed E-state index contributed by atoms with van der Waals surface area (Å²) in [6, 6.07) is 7.50. The Morgan fingerprint density at radius 2 is 1.81 bits per heavy atom. The van der Waals surface area contributed by atoms with Crippen molar-refractivity contribution in [2.45, 2.75) is 12.1 Å². The summed E-state index contributed by atoms with van der Waals surface area (Å²) in [4.78, 5) is 31.6. The zero-order valence-electron chi connectivity index (χ0n) is 14.8. The molecule has 8 nitrogen and oxygen atoms in total. The number of benzene rings is 1. The zero-order valence-corrected chi connectivity index (χ0v) is 15.6. The van der Waals surface area contributed by atoms with Crippen LogP contribution in [-0.2, 0) is 9.59 Å². The molecule has 3 rings (SSSR count). The van der Waals surface area contributed by atoms with Gasteiger partial charge in [0.05, 0.1) is 12.9 Å². The number of aromatic nitrogens is 3. The van der Waals surface area contributed by atoms with Crippen molar-refractivity contribution in [3.63, 3.8) is 0 Å². The number of piperazine rings is 1. The van der Waals surface area contributed by atoms with Gasteiger partial charge < -0.3 is 14.5 Å². The van der Waals surface area contributed by atoms with Gasteiger partial charge in [0.1, 0.15) is 5.75 Å². The summed E-state index contributed by atoms with van der Waals surface area (Å²) in [5.74, 6) is 1.79. The Bertz CT molecular complexity index is 769. The highest BCUT2D eigenvalue weighted by Gasteiger charge is 2.22. The molecule has 2 aromatic rings. The van der Waals surface area contributed by atoms with Crippen molar-refractivity contribution >= 4 is 23.6 Å². The topological polar surface area (TPSA) is 91.4 Å². The third kappa shape index (κ3) is 4.34. The van der Waals surface area contributed by atoms with E-state index in [9.17, 15) is 9.59 Å². The summed E-state index contributed by atoms with van der Waals surface area (Å²) in [6.45, 7) is 3.88. The van der Waals surface area contributed by atoms with Crippen LogP contribution >= 0.6 is 11.8 Å². The lowest BCUT2D eigenvalue weighted by molar-refractivity contribution is -0.136. The van der Waals surface area contributed by atoms with E-state index in [0.717, 1.165) is 11.3 Å². The van der Waals surface area contributed by atoms with Crippen molar-refractivity contribution in [2.75, 3.05) is 39.0 Å². The second kappa shape index (κ2) is 8.22. The summed E-state index contributed by atoms with van der Waals surface area (Å²) in [5, 5.41) is 7.58. The second-order valence-corrected chi connectivity index (χ2v) is 6.81. The Morgan fingerprint density at radius 1 is 1.15 bits per heavy atom. The number of thioether (sulfide) groups is 1. The average Bonchev–Trinajstić information content (AvgIpc) is 3.15. The zero-order chi connectivity index (χ0) is 18.5. The quantitative estimate of drug-likeness (QED) is 0.791. The molecule has 26 heavy (non-hydrogen) atoms. The first-order valence-electron chi connectivity index (χ1n) is 8.29. The number of hydrogen-bond acceptors (Lipinski definition) is 6.